The second kappa shape index (κ2) is 6.78. The van der Waals surface area contributed by atoms with Crippen molar-refractivity contribution in [2.24, 2.45) is 4.99 Å². The number of halogens is 1. The Labute approximate surface area is 160 Å². The SMILES string of the molecule is O=S1(=O)C[C@@H]2N=C(SCc3ccc(Br)cc3)N(c3ccccc3)[C@H]2C1. The van der Waals surface area contributed by atoms with Gasteiger partial charge >= 0.3 is 0 Å². The molecule has 0 N–H and O–H groups in total. The molecule has 0 aromatic heterocycles. The summed E-state index contributed by atoms with van der Waals surface area (Å²) >= 11 is 5.12. The quantitative estimate of drug-likeness (QED) is 0.735. The van der Waals surface area contributed by atoms with Gasteiger partial charge in [-0.3, -0.25) is 4.99 Å². The Hall–Kier alpha value is -1.31. The molecule has 2 aromatic rings. The monoisotopic (exact) mass is 436 g/mol. The van der Waals surface area contributed by atoms with Crippen LogP contribution < -0.4 is 4.90 Å². The van der Waals surface area contributed by atoms with Gasteiger partial charge in [0.1, 0.15) is 0 Å². The van der Waals surface area contributed by atoms with E-state index >= 15 is 0 Å². The number of sulfone groups is 1. The number of thioether (sulfide) groups is 1. The van der Waals surface area contributed by atoms with Gasteiger partial charge in [-0.1, -0.05) is 58.0 Å². The summed E-state index contributed by atoms with van der Waals surface area (Å²) in [6.07, 6.45) is 0. The molecule has 130 valence electrons. The number of benzene rings is 2. The summed E-state index contributed by atoms with van der Waals surface area (Å²) in [6.45, 7) is 0. The Kier molecular flexibility index (Phi) is 4.64. The summed E-state index contributed by atoms with van der Waals surface area (Å²) in [5.74, 6) is 1.14. The summed E-state index contributed by atoms with van der Waals surface area (Å²) in [6, 6.07) is 17.9. The van der Waals surface area contributed by atoms with Crippen molar-refractivity contribution in [3.63, 3.8) is 0 Å². The van der Waals surface area contributed by atoms with Crippen LogP contribution in [-0.2, 0) is 15.6 Å². The summed E-state index contributed by atoms with van der Waals surface area (Å²) in [7, 11) is -3.00. The minimum absolute atomic E-state index is 0.0835. The molecule has 4 rings (SSSR count). The van der Waals surface area contributed by atoms with Gasteiger partial charge in [-0.15, -0.1) is 0 Å². The first-order valence-corrected chi connectivity index (χ1v) is 11.6. The highest BCUT2D eigenvalue weighted by Crippen LogP contribution is 2.35. The van der Waals surface area contributed by atoms with E-state index in [9.17, 15) is 8.42 Å². The third kappa shape index (κ3) is 3.64. The maximum Gasteiger partial charge on any atom is 0.164 e. The van der Waals surface area contributed by atoms with E-state index in [4.69, 9.17) is 4.99 Å². The molecule has 1 saturated heterocycles. The maximum absolute atomic E-state index is 12.0. The Balaban J connectivity index is 1.59. The third-order valence-electron chi connectivity index (χ3n) is 4.42. The van der Waals surface area contributed by atoms with Crippen LogP contribution in [0.3, 0.4) is 0 Å². The van der Waals surface area contributed by atoms with Crippen LogP contribution in [0.4, 0.5) is 5.69 Å². The lowest BCUT2D eigenvalue weighted by Crippen LogP contribution is -2.39. The highest BCUT2D eigenvalue weighted by Gasteiger charge is 2.47. The Morgan fingerprint density at radius 1 is 1.08 bits per heavy atom. The molecule has 2 atom stereocenters. The van der Waals surface area contributed by atoms with Gasteiger partial charge in [0.2, 0.25) is 0 Å². The van der Waals surface area contributed by atoms with E-state index in [1.807, 2.05) is 42.5 Å². The zero-order valence-corrected chi connectivity index (χ0v) is 16.6. The van der Waals surface area contributed by atoms with Crippen LogP contribution >= 0.6 is 27.7 Å². The van der Waals surface area contributed by atoms with Gasteiger partial charge in [-0.05, 0) is 29.8 Å². The lowest BCUT2D eigenvalue weighted by atomic mass is 10.1. The largest absolute Gasteiger partial charge is 0.315 e. The zero-order valence-electron chi connectivity index (χ0n) is 13.4. The van der Waals surface area contributed by atoms with Crippen LogP contribution in [0.25, 0.3) is 0 Å². The van der Waals surface area contributed by atoms with Crippen molar-refractivity contribution < 1.29 is 8.42 Å². The van der Waals surface area contributed by atoms with E-state index in [-0.39, 0.29) is 23.6 Å². The van der Waals surface area contributed by atoms with Crippen LogP contribution in [-0.4, -0.2) is 37.2 Å². The molecule has 2 heterocycles. The first kappa shape index (κ1) is 17.1. The molecule has 0 saturated carbocycles. The van der Waals surface area contributed by atoms with E-state index in [1.54, 1.807) is 11.8 Å². The molecule has 0 bridgehead atoms. The van der Waals surface area contributed by atoms with Crippen molar-refractivity contribution in [2.75, 3.05) is 16.4 Å². The molecule has 25 heavy (non-hydrogen) atoms. The highest BCUT2D eigenvalue weighted by molar-refractivity contribution is 9.10. The van der Waals surface area contributed by atoms with Gasteiger partial charge < -0.3 is 4.90 Å². The van der Waals surface area contributed by atoms with Gasteiger partial charge in [0.05, 0.1) is 23.6 Å². The molecule has 1 fully saturated rings. The molecule has 0 radical (unpaired) electrons. The topological polar surface area (TPSA) is 49.7 Å². The fourth-order valence-corrected chi connectivity index (χ4v) is 6.44. The molecular formula is C18H17BrN2O2S2. The zero-order chi connectivity index (χ0) is 17.4. The molecule has 2 aliphatic heterocycles. The number of fused-ring (bicyclic) bond motifs is 1. The number of nitrogens with zero attached hydrogens (tertiary/aromatic N) is 2. The van der Waals surface area contributed by atoms with Gasteiger partial charge in [-0.25, -0.2) is 8.42 Å². The van der Waals surface area contributed by atoms with E-state index in [0.717, 1.165) is 21.1 Å². The summed E-state index contributed by atoms with van der Waals surface area (Å²) in [5.41, 5.74) is 2.22. The van der Waals surface area contributed by atoms with Crippen molar-refractivity contribution in [3.05, 3.63) is 64.6 Å². The Bertz CT molecular complexity index is 898. The molecule has 7 heteroatoms. The van der Waals surface area contributed by atoms with Crippen LogP contribution in [0.2, 0.25) is 0 Å². The molecule has 4 nitrogen and oxygen atoms in total. The van der Waals surface area contributed by atoms with E-state index in [1.165, 1.54) is 5.56 Å². The second-order valence-corrected chi connectivity index (χ2v) is 10.3. The lowest BCUT2D eigenvalue weighted by molar-refractivity contribution is 0.601. The van der Waals surface area contributed by atoms with Gasteiger partial charge in [0, 0.05) is 15.9 Å². The number of hydrogen-bond donors (Lipinski definition) is 0. The molecular weight excluding hydrogens is 420 g/mol. The van der Waals surface area contributed by atoms with E-state index in [2.05, 4.69) is 33.0 Å². The molecule has 2 aliphatic rings. The normalized spacial score (nSPS) is 24.2. The molecule has 2 aromatic carbocycles. The number of para-hydroxylation sites is 1. The molecule has 0 amide bonds. The first-order chi connectivity index (χ1) is 12.0. The first-order valence-electron chi connectivity index (χ1n) is 8.02. The molecule has 0 unspecified atom stereocenters. The molecule has 0 aliphatic carbocycles. The Morgan fingerprint density at radius 2 is 1.80 bits per heavy atom. The van der Waals surface area contributed by atoms with Gasteiger partial charge in [0.15, 0.2) is 15.0 Å². The van der Waals surface area contributed by atoms with Crippen LogP contribution in [0, 0.1) is 0 Å². The maximum atomic E-state index is 12.0. The number of amidine groups is 1. The van der Waals surface area contributed by atoms with Crippen molar-refractivity contribution in [2.45, 2.75) is 17.8 Å². The predicted octanol–water partition coefficient (Wildman–Crippen LogP) is 3.72. The summed E-state index contributed by atoms with van der Waals surface area (Å²) in [4.78, 5) is 6.86. The van der Waals surface area contributed by atoms with Crippen LogP contribution in [0.1, 0.15) is 5.56 Å². The van der Waals surface area contributed by atoms with Crippen LogP contribution in [0.5, 0.6) is 0 Å². The highest BCUT2D eigenvalue weighted by atomic mass is 79.9. The number of rotatable bonds is 3. The fourth-order valence-electron chi connectivity index (χ4n) is 3.25. The van der Waals surface area contributed by atoms with Crippen molar-refractivity contribution in [3.8, 4) is 0 Å². The van der Waals surface area contributed by atoms with E-state index < -0.39 is 9.84 Å². The fraction of sp³-hybridized carbons (Fsp3) is 0.278. The van der Waals surface area contributed by atoms with Crippen LogP contribution in [0.15, 0.2) is 64.1 Å². The summed E-state index contributed by atoms with van der Waals surface area (Å²) in [5, 5.41) is 0.916. The van der Waals surface area contributed by atoms with Gasteiger partial charge in [-0.2, -0.15) is 0 Å². The predicted molar refractivity (Wildman–Crippen MR) is 108 cm³/mol. The minimum Gasteiger partial charge on any atom is -0.315 e. The van der Waals surface area contributed by atoms with Crippen molar-refractivity contribution in [1.29, 1.82) is 0 Å². The average Bonchev–Trinajstić information content (AvgIpc) is 3.06. The standard InChI is InChI=1S/C18H17BrN2O2S2/c19-14-8-6-13(7-9-14)10-24-18-20-16-11-25(22,23)12-17(16)21(18)15-4-2-1-3-5-15/h1-9,16-17H,10-12H2/t16-,17-/m0/s1. The van der Waals surface area contributed by atoms with E-state index in [0.29, 0.717) is 0 Å². The summed E-state index contributed by atoms with van der Waals surface area (Å²) < 4.78 is 25.1. The number of anilines is 1. The Morgan fingerprint density at radius 3 is 2.52 bits per heavy atom. The van der Waals surface area contributed by atoms with Crippen molar-refractivity contribution in [1.82, 2.24) is 0 Å². The lowest BCUT2D eigenvalue weighted by Gasteiger charge is -2.26. The third-order valence-corrected chi connectivity index (χ3v) is 7.69. The number of aliphatic imine (C=N–C) groups is 1. The smallest absolute Gasteiger partial charge is 0.164 e. The van der Waals surface area contributed by atoms with Crippen molar-refractivity contribution >= 4 is 48.4 Å². The second-order valence-electron chi connectivity index (χ2n) is 6.24. The van der Waals surface area contributed by atoms with Gasteiger partial charge in [0.25, 0.3) is 0 Å². The molecule has 0 spiro atoms. The number of hydrogen-bond acceptors (Lipinski definition) is 5. The average molecular weight is 437 g/mol. The minimum atomic E-state index is -3.00.